The van der Waals surface area contributed by atoms with E-state index in [1.165, 1.54) is 11.9 Å². The summed E-state index contributed by atoms with van der Waals surface area (Å²) in [7, 11) is 1.53. The lowest BCUT2D eigenvalue weighted by molar-refractivity contribution is -0.120. The van der Waals surface area contributed by atoms with Crippen molar-refractivity contribution < 1.29 is 14.3 Å². The van der Waals surface area contributed by atoms with Gasteiger partial charge in [-0.05, 0) is 24.3 Å². The summed E-state index contributed by atoms with van der Waals surface area (Å²) in [6, 6.07) is 6.79. The van der Waals surface area contributed by atoms with Gasteiger partial charge in [0.05, 0.1) is 5.56 Å². The molecule has 0 atom stereocenters. The summed E-state index contributed by atoms with van der Waals surface area (Å²) in [4.78, 5) is 22.9. The van der Waals surface area contributed by atoms with Crippen LogP contribution in [0.3, 0.4) is 0 Å². The highest BCUT2D eigenvalue weighted by Crippen LogP contribution is 2.11. The van der Waals surface area contributed by atoms with Gasteiger partial charge in [-0.25, -0.2) is 4.79 Å². The molecule has 15 heavy (non-hydrogen) atoms. The Labute approximate surface area is 96.0 Å². The van der Waals surface area contributed by atoms with Crippen LogP contribution in [0.25, 0.3) is 0 Å². The second-order valence-corrected chi connectivity index (χ2v) is 3.85. The molecule has 0 saturated heterocycles. The number of ether oxygens (including phenoxy) is 1. The van der Waals surface area contributed by atoms with Crippen LogP contribution in [-0.4, -0.2) is 31.1 Å². The SMILES string of the molecule is CN(C=O)COC(=O)c1ccc(Br)cc1. The second-order valence-electron chi connectivity index (χ2n) is 2.93. The Morgan fingerprint density at radius 1 is 1.47 bits per heavy atom. The minimum atomic E-state index is -0.448. The predicted octanol–water partition coefficient (Wildman–Crippen LogP) is 1.65. The largest absolute Gasteiger partial charge is 0.441 e. The van der Waals surface area contributed by atoms with Gasteiger partial charge in [-0.1, -0.05) is 15.9 Å². The van der Waals surface area contributed by atoms with E-state index in [2.05, 4.69) is 15.9 Å². The van der Waals surface area contributed by atoms with E-state index in [1.807, 2.05) is 0 Å². The average molecular weight is 272 g/mol. The molecule has 1 aromatic carbocycles. The molecule has 1 aromatic rings. The third kappa shape index (κ3) is 3.71. The number of halogens is 1. The number of carbonyl (C=O) groups excluding carboxylic acids is 2. The summed E-state index contributed by atoms with van der Waals surface area (Å²) in [5.74, 6) is -0.448. The van der Waals surface area contributed by atoms with E-state index in [4.69, 9.17) is 4.74 Å². The number of nitrogens with zero attached hydrogens (tertiary/aromatic N) is 1. The van der Waals surface area contributed by atoms with Crippen LogP contribution in [0.2, 0.25) is 0 Å². The van der Waals surface area contributed by atoms with Crippen molar-refractivity contribution in [1.82, 2.24) is 4.90 Å². The van der Waals surface area contributed by atoms with Gasteiger partial charge in [-0.3, -0.25) is 4.79 Å². The van der Waals surface area contributed by atoms with Gasteiger partial charge in [0.15, 0.2) is 6.73 Å². The summed E-state index contributed by atoms with van der Waals surface area (Å²) in [6.07, 6.45) is 0.592. The quantitative estimate of drug-likeness (QED) is 0.475. The summed E-state index contributed by atoms with van der Waals surface area (Å²) in [5, 5.41) is 0. The summed E-state index contributed by atoms with van der Waals surface area (Å²) in [5.41, 5.74) is 0.456. The summed E-state index contributed by atoms with van der Waals surface area (Å²) in [6.45, 7) is -0.0433. The highest BCUT2D eigenvalue weighted by atomic mass is 79.9. The van der Waals surface area contributed by atoms with Crippen molar-refractivity contribution in [1.29, 1.82) is 0 Å². The molecule has 4 nitrogen and oxygen atoms in total. The van der Waals surface area contributed by atoms with E-state index in [-0.39, 0.29) is 6.73 Å². The number of hydrogen-bond donors (Lipinski definition) is 0. The van der Waals surface area contributed by atoms with E-state index < -0.39 is 5.97 Å². The topological polar surface area (TPSA) is 46.6 Å². The maximum atomic E-state index is 11.4. The highest BCUT2D eigenvalue weighted by Gasteiger charge is 2.06. The molecule has 0 aliphatic rings. The van der Waals surface area contributed by atoms with Crippen LogP contribution < -0.4 is 0 Å². The number of carbonyl (C=O) groups is 2. The van der Waals surface area contributed by atoms with Gasteiger partial charge >= 0.3 is 5.97 Å². The van der Waals surface area contributed by atoms with Crippen molar-refractivity contribution >= 4 is 28.3 Å². The fourth-order valence-corrected chi connectivity index (χ4v) is 1.12. The minimum Gasteiger partial charge on any atom is -0.441 e. The Hall–Kier alpha value is -1.36. The Balaban J connectivity index is 2.54. The summed E-state index contributed by atoms with van der Waals surface area (Å²) >= 11 is 3.26. The van der Waals surface area contributed by atoms with Gasteiger partial charge in [0.1, 0.15) is 0 Å². The number of benzene rings is 1. The number of rotatable bonds is 4. The van der Waals surface area contributed by atoms with Crippen molar-refractivity contribution in [2.45, 2.75) is 0 Å². The minimum absolute atomic E-state index is 0.0433. The fourth-order valence-electron chi connectivity index (χ4n) is 0.860. The molecule has 0 heterocycles. The van der Waals surface area contributed by atoms with Crippen molar-refractivity contribution in [2.24, 2.45) is 0 Å². The molecule has 1 amide bonds. The summed E-state index contributed by atoms with van der Waals surface area (Å²) < 4.78 is 5.75. The molecule has 0 bridgehead atoms. The molecule has 80 valence electrons. The molecule has 1 rings (SSSR count). The first-order chi connectivity index (χ1) is 7.13. The Morgan fingerprint density at radius 2 is 2.07 bits per heavy atom. The molecule has 0 aromatic heterocycles. The molecule has 0 radical (unpaired) electrons. The monoisotopic (exact) mass is 271 g/mol. The lowest BCUT2D eigenvalue weighted by Crippen LogP contribution is -2.22. The van der Waals surface area contributed by atoms with Crippen LogP contribution in [-0.2, 0) is 9.53 Å². The fraction of sp³-hybridized carbons (Fsp3) is 0.200. The van der Waals surface area contributed by atoms with E-state index >= 15 is 0 Å². The van der Waals surface area contributed by atoms with E-state index in [0.29, 0.717) is 12.0 Å². The first-order valence-corrected chi connectivity index (χ1v) is 5.01. The third-order valence-electron chi connectivity index (χ3n) is 1.66. The lowest BCUT2D eigenvalue weighted by Gasteiger charge is -2.10. The first-order valence-electron chi connectivity index (χ1n) is 4.21. The van der Waals surface area contributed by atoms with Crippen molar-refractivity contribution in [2.75, 3.05) is 13.8 Å². The number of esters is 1. The van der Waals surface area contributed by atoms with Crippen molar-refractivity contribution in [3.05, 3.63) is 34.3 Å². The molecule has 0 spiro atoms. The molecular weight excluding hydrogens is 262 g/mol. The smallest absolute Gasteiger partial charge is 0.339 e. The maximum absolute atomic E-state index is 11.4. The molecule has 0 unspecified atom stereocenters. The molecule has 0 saturated carbocycles. The van der Waals surface area contributed by atoms with E-state index in [9.17, 15) is 9.59 Å². The molecule has 0 aliphatic carbocycles. The lowest BCUT2D eigenvalue weighted by atomic mass is 10.2. The second kappa shape index (κ2) is 5.50. The zero-order valence-electron chi connectivity index (χ0n) is 8.14. The van der Waals surface area contributed by atoms with Gasteiger partial charge in [0.2, 0.25) is 6.41 Å². The first kappa shape index (κ1) is 11.7. The molecule has 0 fully saturated rings. The van der Waals surface area contributed by atoms with Crippen molar-refractivity contribution in [3.63, 3.8) is 0 Å². The van der Waals surface area contributed by atoms with Gasteiger partial charge in [-0.15, -0.1) is 0 Å². The Bertz CT molecular complexity index is 350. The molecular formula is C10H10BrNO3. The van der Waals surface area contributed by atoms with E-state index in [1.54, 1.807) is 24.3 Å². The van der Waals surface area contributed by atoms with Crippen LogP contribution in [0.5, 0.6) is 0 Å². The van der Waals surface area contributed by atoms with Crippen molar-refractivity contribution in [3.8, 4) is 0 Å². The standard InChI is InChI=1S/C10H10BrNO3/c1-12(6-13)7-15-10(14)8-2-4-9(11)5-3-8/h2-6H,7H2,1H3. The van der Waals surface area contributed by atoms with Gasteiger partial charge < -0.3 is 9.64 Å². The highest BCUT2D eigenvalue weighted by molar-refractivity contribution is 9.10. The molecule has 0 N–H and O–H groups in total. The van der Waals surface area contributed by atoms with Gasteiger partial charge in [-0.2, -0.15) is 0 Å². The van der Waals surface area contributed by atoms with Gasteiger partial charge in [0.25, 0.3) is 0 Å². The Kier molecular flexibility index (Phi) is 4.30. The maximum Gasteiger partial charge on any atom is 0.339 e. The van der Waals surface area contributed by atoms with Crippen LogP contribution in [0.1, 0.15) is 10.4 Å². The zero-order chi connectivity index (χ0) is 11.3. The number of amides is 1. The van der Waals surface area contributed by atoms with Crippen LogP contribution >= 0.6 is 15.9 Å². The predicted molar refractivity (Wildman–Crippen MR) is 58.3 cm³/mol. The van der Waals surface area contributed by atoms with E-state index in [0.717, 1.165) is 4.47 Å². The Morgan fingerprint density at radius 3 is 2.60 bits per heavy atom. The number of hydrogen-bond acceptors (Lipinski definition) is 3. The van der Waals surface area contributed by atoms with Crippen LogP contribution in [0, 0.1) is 0 Å². The zero-order valence-corrected chi connectivity index (χ0v) is 9.73. The van der Waals surface area contributed by atoms with Gasteiger partial charge in [0, 0.05) is 11.5 Å². The average Bonchev–Trinajstić information content (AvgIpc) is 2.26. The van der Waals surface area contributed by atoms with Crippen LogP contribution in [0.4, 0.5) is 0 Å². The third-order valence-corrected chi connectivity index (χ3v) is 2.19. The van der Waals surface area contributed by atoms with Crippen LogP contribution in [0.15, 0.2) is 28.7 Å². The molecule has 5 heteroatoms. The normalized spacial score (nSPS) is 9.47. The molecule has 0 aliphatic heterocycles.